The maximum atomic E-state index is 6.00. The minimum absolute atomic E-state index is 0.0977. The van der Waals surface area contributed by atoms with E-state index in [2.05, 4.69) is 4.98 Å². The van der Waals surface area contributed by atoms with Crippen molar-refractivity contribution in [3.05, 3.63) is 55.2 Å². The quantitative estimate of drug-likeness (QED) is 0.635. The number of benzene rings is 1. The Bertz CT molecular complexity index is 594. The van der Waals surface area contributed by atoms with Crippen molar-refractivity contribution in [2.45, 2.75) is 6.61 Å². The van der Waals surface area contributed by atoms with Gasteiger partial charge < -0.3 is 4.74 Å². The van der Waals surface area contributed by atoms with E-state index in [4.69, 9.17) is 62.7 Å². The SMILES string of the molecule is Clc1cc(Cl)c(OCc2nc(Cl)ccc2Cl)c(Cl)c1. The molecular formula is C12H6Cl5NO. The molecule has 1 aromatic carbocycles. The van der Waals surface area contributed by atoms with Crippen LogP contribution in [0.3, 0.4) is 0 Å². The van der Waals surface area contributed by atoms with Crippen molar-refractivity contribution in [2.24, 2.45) is 0 Å². The molecule has 0 aliphatic rings. The zero-order valence-electron chi connectivity index (χ0n) is 9.26. The van der Waals surface area contributed by atoms with Gasteiger partial charge in [0.1, 0.15) is 11.8 Å². The van der Waals surface area contributed by atoms with Crippen molar-refractivity contribution >= 4 is 58.0 Å². The van der Waals surface area contributed by atoms with E-state index in [1.54, 1.807) is 12.1 Å². The van der Waals surface area contributed by atoms with Gasteiger partial charge in [0.15, 0.2) is 5.75 Å². The number of pyridine rings is 1. The van der Waals surface area contributed by atoms with Gasteiger partial charge >= 0.3 is 0 Å². The van der Waals surface area contributed by atoms with Gasteiger partial charge in [-0.15, -0.1) is 0 Å². The Morgan fingerprint density at radius 2 is 1.53 bits per heavy atom. The molecule has 1 aromatic heterocycles. The van der Waals surface area contributed by atoms with Gasteiger partial charge in [-0.1, -0.05) is 58.0 Å². The Kier molecular flexibility index (Phi) is 5.04. The monoisotopic (exact) mass is 355 g/mol. The van der Waals surface area contributed by atoms with Crippen LogP contribution in [0.25, 0.3) is 0 Å². The molecule has 0 aliphatic carbocycles. The Labute approximate surface area is 135 Å². The summed E-state index contributed by atoms with van der Waals surface area (Å²) in [4.78, 5) is 4.06. The van der Waals surface area contributed by atoms with Crippen LogP contribution >= 0.6 is 58.0 Å². The first-order chi connectivity index (χ1) is 8.97. The molecule has 0 fully saturated rings. The van der Waals surface area contributed by atoms with E-state index >= 15 is 0 Å². The molecule has 0 bridgehead atoms. The highest BCUT2D eigenvalue weighted by atomic mass is 35.5. The zero-order chi connectivity index (χ0) is 14.0. The first-order valence-corrected chi connectivity index (χ1v) is 6.94. The minimum Gasteiger partial charge on any atom is -0.484 e. The van der Waals surface area contributed by atoms with Gasteiger partial charge in [-0.3, -0.25) is 0 Å². The summed E-state index contributed by atoms with van der Waals surface area (Å²) < 4.78 is 5.52. The van der Waals surface area contributed by atoms with Crippen molar-refractivity contribution in [2.75, 3.05) is 0 Å². The summed E-state index contributed by atoms with van der Waals surface area (Å²) in [7, 11) is 0. The lowest BCUT2D eigenvalue weighted by Gasteiger charge is -2.11. The summed E-state index contributed by atoms with van der Waals surface area (Å²) in [5, 5.41) is 1.84. The fourth-order valence-corrected chi connectivity index (χ4v) is 2.62. The van der Waals surface area contributed by atoms with Crippen LogP contribution in [0.15, 0.2) is 24.3 Å². The summed E-state index contributed by atoms with van der Waals surface area (Å²) in [6, 6.07) is 6.31. The molecule has 2 rings (SSSR count). The van der Waals surface area contributed by atoms with E-state index in [1.807, 2.05) is 0 Å². The first kappa shape index (κ1) is 15.0. The predicted molar refractivity (Wildman–Crippen MR) is 80.1 cm³/mol. The summed E-state index contributed by atoms with van der Waals surface area (Å²) >= 11 is 29.6. The molecule has 0 amide bonds. The number of hydrogen-bond donors (Lipinski definition) is 0. The second-order valence-corrected chi connectivity index (χ2v) is 5.60. The van der Waals surface area contributed by atoms with Gasteiger partial charge in [-0.25, -0.2) is 4.98 Å². The molecule has 0 spiro atoms. The smallest absolute Gasteiger partial charge is 0.157 e. The summed E-state index contributed by atoms with van der Waals surface area (Å²) in [6.07, 6.45) is 0. The second kappa shape index (κ2) is 6.38. The number of aromatic nitrogens is 1. The van der Waals surface area contributed by atoms with Gasteiger partial charge in [-0.05, 0) is 24.3 Å². The fourth-order valence-electron chi connectivity index (χ4n) is 1.37. The standard InChI is InChI=1S/C12H6Cl5NO/c13-6-3-8(15)12(9(16)4-6)19-5-10-7(14)1-2-11(17)18-10/h1-4H,5H2. The molecule has 0 atom stereocenters. The largest absolute Gasteiger partial charge is 0.484 e. The normalized spacial score (nSPS) is 10.6. The van der Waals surface area contributed by atoms with Crippen LogP contribution in [0.2, 0.25) is 25.2 Å². The lowest BCUT2D eigenvalue weighted by molar-refractivity contribution is 0.302. The molecule has 100 valence electrons. The Hall–Kier alpha value is -0.380. The van der Waals surface area contributed by atoms with Gasteiger partial charge in [0.05, 0.1) is 20.8 Å². The van der Waals surface area contributed by atoms with E-state index in [-0.39, 0.29) is 6.61 Å². The van der Waals surface area contributed by atoms with Crippen molar-refractivity contribution in [3.8, 4) is 5.75 Å². The molecule has 0 aliphatic heterocycles. The van der Waals surface area contributed by atoms with Crippen molar-refractivity contribution in [3.63, 3.8) is 0 Å². The summed E-state index contributed by atoms with van der Waals surface area (Å²) in [5.74, 6) is 0.325. The van der Waals surface area contributed by atoms with E-state index in [1.165, 1.54) is 12.1 Å². The average Bonchev–Trinajstić information content (AvgIpc) is 2.32. The highest BCUT2D eigenvalue weighted by Gasteiger charge is 2.11. The number of hydrogen-bond acceptors (Lipinski definition) is 2. The number of rotatable bonds is 3. The molecule has 7 heteroatoms. The molecule has 0 N–H and O–H groups in total. The first-order valence-electron chi connectivity index (χ1n) is 5.05. The third-order valence-electron chi connectivity index (χ3n) is 2.20. The molecule has 0 radical (unpaired) electrons. The van der Waals surface area contributed by atoms with Crippen molar-refractivity contribution < 1.29 is 4.74 Å². The van der Waals surface area contributed by atoms with Crippen LogP contribution in [0, 0.1) is 0 Å². The number of halogens is 5. The minimum atomic E-state index is 0.0977. The predicted octanol–water partition coefficient (Wildman–Crippen LogP) is 5.93. The molecule has 0 unspecified atom stereocenters. The maximum absolute atomic E-state index is 6.00. The molecule has 0 saturated carbocycles. The van der Waals surface area contributed by atoms with Crippen LogP contribution in [-0.2, 0) is 6.61 Å². The Morgan fingerprint density at radius 3 is 2.16 bits per heavy atom. The van der Waals surface area contributed by atoms with E-state index < -0.39 is 0 Å². The van der Waals surface area contributed by atoms with Crippen molar-refractivity contribution in [1.29, 1.82) is 0 Å². The van der Waals surface area contributed by atoms with Gasteiger partial charge in [-0.2, -0.15) is 0 Å². The highest BCUT2D eigenvalue weighted by molar-refractivity contribution is 6.40. The average molecular weight is 357 g/mol. The zero-order valence-corrected chi connectivity index (χ0v) is 13.0. The fraction of sp³-hybridized carbons (Fsp3) is 0.0833. The number of nitrogens with zero attached hydrogens (tertiary/aromatic N) is 1. The van der Waals surface area contributed by atoms with Gasteiger partial charge in [0.2, 0.25) is 0 Å². The molecule has 2 aromatic rings. The second-order valence-electron chi connectivity index (χ2n) is 3.55. The highest BCUT2D eigenvalue weighted by Crippen LogP contribution is 2.36. The topological polar surface area (TPSA) is 22.1 Å². The van der Waals surface area contributed by atoms with Crippen LogP contribution < -0.4 is 4.74 Å². The van der Waals surface area contributed by atoms with E-state index in [0.29, 0.717) is 36.7 Å². The molecule has 2 nitrogen and oxygen atoms in total. The molecule has 19 heavy (non-hydrogen) atoms. The Balaban J connectivity index is 2.21. The summed E-state index contributed by atoms with van der Waals surface area (Å²) in [6.45, 7) is 0.0977. The van der Waals surface area contributed by atoms with Crippen LogP contribution in [0.4, 0.5) is 0 Å². The van der Waals surface area contributed by atoms with E-state index in [0.717, 1.165) is 0 Å². The third kappa shape index (κ3) is 3.80. The lowest BCUT2D eigenvalue weighted by atomic mass is 10.3. The molecular weight excluding hydrogens is 351 g/mol. The summed E-state index contributed by atoms with van der Waals surface area (Å²) in [5.41, 5.74) is 0.497. The molecule has 1 heterocycles. The third-order valence-corrected chi connectivity index (χ3v) is 3.54. The number of ether oxygens (including phenoxy) is 1. The van der Waals surface area contributed by atoms with Gasteiger partial charge in [0, 0.05) is 5.02 Å². The maximum Gasteiger partial charge on any atom is 0.157 e. The van der Waals surface area contributed by atoms with E-state index in [9.17, 15) is 0 Å². The van der Waals surface area contributed by atoms with Gasteiger partial charge in [0.25, 0.3) is 0 Å². The van der Waals surface area contributed by atoms with Crippen LogP contribution in [0.5, 0.6) is 5.75 Å². The molecule has 0 saturated heterocycles. The van der Waals surface area contributed by atoms with Crippen LogP contribution in [0.1, 0.15) is 5.69 Å². The van der Waals surface area contributed by atoms with Crippen LogP contribution in [-0.4, -0.2) is 4.98 Å². The lowest BCUT2D eigenvalue weighted by Crippen LogP contribution is -2.00. The van der Waals surface area contributed by atoms with Crippen molar-refractivity contribution in [1.82, 2.24) is 4.98 Å². The Morgan fingerprint density at radius 1 is 0.895 bits per heavy atom.